The lowest BCUT2D eigenvalue weighted by atomic mass is 9.73. The van der Waals surface area contributed by atoms with Gasteiger partial charge in [-0.2, -0.15) is 5.10 Å². The second-order valence-corrected chi connectivity index (χ2v) is 14.4. The van der Waals surface area contributed by atoms with Crippen LogP contribution in [-0.2, 0) is 24.0 Å². The number of nitrogens with zero attached hydrogens (tertiary/aromatic N) is 6. The summed E-state index contributed by atoms with van der Waals surface area (Å²) in [7, 11) is -1.21. The van der Waals surface area contributed by atoms with E-state index in [4.69, 9.17) is 17.3 Å². The number of halogens is 1. The highest BCUT2D eigenvalue weighted by atomic mass is 35.5. The SMILES string of the molecule is CC(C)(C)[S@@](=O)NC1c2ccc(Cl)cc2CC12CCN(c1cnc(C(=O)N3CCCn4nccc43)c(N)n1)CC2. The third-order valence-electron chi connectivity index (χ3n) is 8.39. The summed E-state index contributed by atoms with van der Waals surface area (Å²) in [5, 5.41) is 5.00. The molecule has 40 heavy (non-hydrogen) atoms. The number of nitrogens with one attached hydrogen (secondary N) is 1. The molecule has 3 aromatic rings. The zero-order valence-electron chi connectivity index (χ0n) is 23.1. The Hall–Kier alpha value is -3.02. The van der Waals surface area contributed by atoms with Crippen LogP contribution in [0.2, 0.25) is 5.02 Å². The number of rotatable bonds is 4. The minimum atomic E-state index is -1.21. The normalized spacial score (nSPS) is 20.9. The molecule has 2 atom stereocenters. The van der Waals surface area contributed by atoms with Gasteiger partial charge in [0.25, 0.3) is 5.91 Å². The van der Waals surface area contributed by atoms with Crippen LogP contribution in [0, 0.1) is 5.41 Å². The zero-order valence-corrected chi connectivity index (χ0v) is 24.6. The summed E-state index contributed by atoms with van der Waals surface area (Å²) < 4.78 is 18.1. The number of aromatic nitrogens is 4. The third-order valence-corrected chi connectivity index (χ3v) is 10.2. The molecule has 0 saturated carbocycles. The van der Waals surface area contributed by atoms with Crippen LogP contribution >= 0.6 is 11.6 Å². The summed E-state index contributed by atoms with van der Waals surface area (Å²) in [6, 6.07) is 7.84. The summed E-state index contributed by atoms with van der Waals surface area (Å²) in [5.41, 5.74) is 8.78. The minimum absolute atomic E-state index is 0.0314. The Bertz CT molecular complexity index is 1480. The lowest BCUT2D eigenvalue weighted by molar-refractivity contribution is 0.0977. The van der Waals surface area contributed by atoms with Crippen molar-refractivity contribution in [1.29, 1.82) is 0 Å². The monoisotopic (exact) mass is 582 g/mol. The molecule has 10 nitrogen and oxygen atoms in total. The van der Waals surface area contributed by atoms with Crippen LogP contribution < -0.4 is 20.3 Å². The van der Waals surface area contributed by atoms with Crippen molar-refractivity contribution < 1.29 is 9.00 Å². The Balaban J connectivity index is 1.20. The first-order valence-electron chi connectivity index (χ1n) is 13.7. The van der Waals surface area contributed by atoms with Crippen LogP contribution in [0.1, 0.15) is 67.7 Å². The fourth-order valence-corrected chi connectivity index (χ4v) is 7.34. The van der Waals surface area contributed by atoms with E-state index in [0.717, 1.165) is 56.2 Å². The van der Waals surface area contributed by atoms with Gasteiger partial charge in [-0.25, -0.2) is 23.6 Å². The predicted octanol–water partition coefficient (Wildman–Crippen LogP) is 3.90. The maximum atomic E-state index is 13.3. The van der Waals surface area contributed by atoms with Gasteiger partial charge in [0.1, 0.15) is 11.6 Å². The quantitative estimate of drug-likeness (QED) is 0.478. The van der Waals surface area contributed by atoms with Crippen LogP contribution in [0.15, 0.2) is 36.7 Å². The van der Waals surface area contributed by atoms with Crippen LogP contribution in [0.3, 0.4) is 0 Å². The standard InChI is InChI=1S/C28H35ClN8O2S/c1-27(2,3)40(39)34-24-20-6-5-19(29)15-18(20)16-28(24)8-13-35(14-9-28)21-17-31-23(25(30)33-21)26(38)36-11-4-12-37-22(36)7-10-32-37/h5-7,10,15,17,24,34H,4,8-9,11-14,16H2,1-3H3,(H2,30,33)/t24?,40-/m1/s1. The second kappa shape index (κ2) is 10.1. The summed E-state index contributed by atoms with van der Waals surface area (Å²) in [4.78, 5) is 26.2. The highest BCUT2D eigenvalue weighted by Gasteiger charge is 2.49. The van der Waals surface area contributed by atoms with Crippen LogP contribution in [0.5, 0.6) is 0 Å². The topological polar surface area (TPSA) is 122 Å². The Morgan fingerprint density at radius 3 is 2.67 bits per heavy atom. The van der Waals surface area contributed by atoms with E-state index in [-0.39, 0.29) is 33.6 Å². The van der Waals surface area contributed by atoms with Gasteiger partial charge in [-0.1, -0.05) is 17.7 Å². The first-order valence-corrected chi connectivity index (χ1v) is 15.3. The number of nitrogens with two attached hydrogens (primary N) is 1. The van der Waals surface area contributed by atoms with E-state index in [0.29, 0.717) is 12.4 Å². The molecule has 1 aliphatic carbocycles. The molecule has 6 rings (SSSR count). The molecule has 0 radical (unpaired) electrons. The van der Waals surface area contributed by atoms with Crippen LogP contribution in [-0.4, -0.2) is 54.2 Å². The highest BCUT2D eigenvalue weighted by Crippen LogP contribution is 2.53. The van der Waals surface area contributed by atoms with Crippen LogP contribution in [0.25, 0.3) is 0 Å². The molecule has 2 aliphatic heterocycles. The molecule has 12 heteroatoms. The molecule has 1 aromatic carbocycles. The number of amides is 1. The average Bonchev–Trinajstić information content (AvgIpc) is 3.51. The number of carbonyl (C=O) groups is 1. The zero-order chi connectivity index (χ0) is 28.2. The number of aryl methyl sites for hydroxylation is 1. The van der Waals surface area contributed by atoms with Gasteiger partial charge >= 0.3 is 0 Å². The van der Waals surface area contributed by atoms with Crippen molar-refractivity contribution in [2.75, 3.05) is 35.2 Å². The molecule has 2 aromatic heterocycles. The van der Waals surface area contributed by atoms with Crippen LogP contribution in [0.4, 0.5) is 17.5 Å². The molecule has 1 amide bonds. The van der Waals surface area contributed by atoms with Crippen molar-refractivity contribution in [3.05, 3.63) is 58.5 Å². The smallest absolute Gasteiger partial charge is 0.281 e. The Labute approximate surface area is 241 Å². The van der Waals surface area contributed by atoms with Gasteiger partial charge in [-0.15, -0.1) is 0 Å². The van der Waals surface area contributed by atoms with Gasteiger partial charge in [-0.05, 0) is 75.1 Å². The van der Waals surface area contributed by atoms with E-state index in [1.807, 2.05) is 43.7 Å². The van der Waals surface area contributed by atoms with Gasteiger partial charge in [-0.3, -0.25) is 9.69 Å². The first kappa shape index (κ1) is 27.2. The molecule has 3 aliphatic rings. The van der Waals surface area contributed by atoms with E-state index in [2.05, 4.69) is 30.8 Å². The van der Waals surface area contributed by atoms with Crippen molar-refractivity contribution in [3.63, 3.8) is 0 Å². The third kappa shape index (κ3) is 4.77. The van der Waals surface area contributed by atoms with E-state index in [1.165, 1.54) is 11.1 Å². The summed E-state index contributed by atoms with van der Waals surface area (Å²) in [5.74, 6) is 1.27. The Morgan fingerprint density at radius 2 is 1.95 bits per heavy atom. The van der Waals surface area contributed by atoms with Gasteiger partial charge in [0.2, 0.25) is 0 Å². The number of hydrogen-bond donors (Lipinski definition) is 2. The summed E-state index contributed by atoms with van der Waals surface area (Å²) in [6.45, 7) is 8.82. The number of nitrogen functional groups attached to an aromatic ring is 1. The number of benzene rings is 1. The molecular formula is C28H35ClN8O2S. The van der Waals surface area contributed by atoms with Gasteiger partial charge in [0.05, 0.1) is 34.2 Å². The molecule has 212 valence electrons. The van der Waals surface area contributed by atoms with E-state index < -0.39 is 11.0 Å². The van der Waals surface area contributed by atoms with Crippen molar-refractivity contribution in [3.8, 4) is 0 Å². The Kier molecular flexibility index (Phi) is 6.87. The van der Waals surface area contributed by atoms with E-state index >= 15 is 0 Å². The Morgan fingerprint density at radius 1 is 1.18 bits per heavy atom. The van der Waals surface area contributed by atoms with Crippen molar-refractivity contribution in [2.45, 2.75) is 63.8 Å². The lowest BCUT2D eigenvalue weighted by Gasteiger charge is -2.44. The fourth-order valence-electron chi connectivity index (χ4n) is 6.20. The molecule has 3 N–H and O–H groups in total. The molecule has 1 spiro atoms. The largest absolute Gasteiger partial charge is 0.382 e. The number of carbonyl (C=O) groups excluding carboxylic acids is 1. The summed E-state index contributed by atoms with van der Waals surface area (Å²) in [6.07, 6.45) is 6.79. The van der Waals surface area contributed by atoms with E-state index in [1.54, 1.807) is 17.3 Å². The number of hydrogen-bond acceptors (Lipinski definition) is 7. The fraction of sp³-hybridized carbons (Fsp3) is 0.500. The van der Waals surface area contributed by atoms with E-state index in [9.17, 15) is 9.00 Å². The molecular weight excluding hydrogens is 548 g/mol. The lowest BCUT2D eigenvalue weighted by Crippen LogP contribution is -2.48. The number of fused-ring (bicyclic) bond motifs is 2. The van der Waals surface area contributed by atoms with Gasteiger partial charge < -0.3 is 10.6 Å². The van der Waals surface area contributed by atoms with Gasteiger partial charge in [0, 0.05) is 37.3 Å². The highest BCUT2D eigenvalue weighted by molar-refractivity contribution is 7.84. The van der Waals surface area contributed by atoms with Crippen molar-refractivity contribution in [1.82, 2.24) is 24.5 Å². The summed E-state index contributed by atoms with van der Waals surface area (Å²) >= 11 is 6.35. The molecule has 1 fully saturated rings. The molecule has 4 heterocycles. The molecule has 1 unspecified atom stereocenters. The minimum Gasteiger partial charge on any atom is -0.382 e. The first-order chi connectivity index (χ1) is 19.1. The maximum Gasteiger partial charge on any atom is 0.281 e. The number of piperidine rings is 1. The predicted molar refractivity (Wildman–Crippen MR) is 158 cm³/mol. The average molecular weight is 583 g/mol. The second-order valence-electron chi connectivity index (χ2n) is 12.0. The van der Waals surface area contributed by atoms with Crippen molar-refractivity contribution in [2.24, 2.45) is 5.41 Å². The van der Waals surface area contributed by atoms with Crippen molar-refractivity contribution >= 4 is 45.9 Å². The van der Waals surface area contributed by atoms with Gasteiger partial charge in [0.15, 0.2) is 11.5 Å². The number of anilines is 3. The maximum absolute atomic E-state index is 13.3. The molecule has 1 saturated heterocycles. The molecule has 0 bridgehead atoms.